The van der Waals surface area contributed by atoms with Crippen LogP contribution in [-0.2, 0) is 9.53 Å². The highest BCUT2D eigenvalue weighted by Crippen LogP contribution is 2.21. The average Bonchev–Trinajstić information content (AvgIpc) is 2.67. The molecule has 0 aliphatic heterocycles. The molecule has 28 heavy (non-hydrogen) atoms. The van der Waals surface area contributed by atoms with Gasteiger partial charge in [0.15, 0.2) is 6.61 Å². The van der Waals surface area contributed by atoms with Crippen LogP contribution in [0.3, 0.4) is 0 Å². The number of carbonyl (C=O) groups is 3. The number of ether oxygens (including phenoxy) is 1. The van der Waals surface area contributed by atoms with Crippen molar-refractivity contribution in [2.24, 2.45) is 0 Å². The van der Waals surface area contributed by atoms with E-state index in [1.807, 2.05) is 53.7 Å². The third-order valence-electron chi connectivity index (χ3n) is 5.31. The minimum atomic E-state index is -0.649. The molecule has 0 radical (unpaired) electrons. The first-order valence-electron chi connectivity index (χ1n) is 9.23. The molecule has 0 fully saturated rings. The first-order chi connectivity index (χ1) is 13.1. The number of benzene rings is 2. The minimum absolute atomic E-state index is 0.252. The number of carbonyl (C=O) groups excluding carboxylic acids is 3. The molecule has 0 spiro atoms. The molecular weight excluding hydrogens is 354 g/mol. The highest BCUT2D eigenvalue weighted by atomic mass is 16.5. The van der Waals surface area contributed by atoms with Gasteiger partial charge in [0.25, 0.3) is 5.91 Å². The van der Waals surface area contributed by atoms with E-state index in [2.05, 4.69) is 5.32 Å². The summed E-state index contributed by atoms with van der Waals surface area (Å²) in [5.74, 6) is -1.26. The Morgan fingerprint density at radius 1 is 0.821 bits per heavy atom. The number of nitrogens with one attached hydrogen (secondary N) is 1. The number of rotatable bonds is 6. The van der Waals surface area contributed by atoms with E-state index >= 15 is 0 Å². The molecule has 0 aliphatic carbocycles. The van der Waals surface area contributed by atoms with E-state index in [-0.39, 0.29) is 24.8 Å². The highest BCUT2D eigenvalue weighted by Gasteiger charge is 2.16. The monoisotopic (exact) mass is 381 g/mol. The summed E-state index contributed by atoms with van der Waals surface area (Å²) in [6.45, 7) is 11.1. The summed E-state index contributed by atoms with van der Waals surface area (Å²) >= 11 is 0. The summed E-state index contributed by atoms with van der Waals surface area (Å²) in [6.07, 6.45) is 0. The van der Waals surface area contributed by atoms with Crippen LogP contribution in [0.25, 0.3) is 0 Å². The van der Waals surface area contributed by atoms with E-state index in [0.717, 1.165) is 33.4 Å². The molecule has 2 rings (SSSR count). The third-order valence-corrected chi connectivity index (χ3v) is 5.31. The van der Waals surface area contributed by atoms with Crippen LogP contribution < -0.4 is 5.32 Å². The Bertz CT molecular complexity index is 944. The van der Waals surface area contributed by atoms with Crippen LogP contribution >= 0.6 is 0 Å². The van der Waals surface area contributed by atoms with E-state index in [1.54, 1.807) is 12.1 Å². The predicted molar refractivity (Wildman–Crippen MR) is 109 cm³/mol. The normalized spacial score (nSPS) is 10.5. The van der Waals surface area contributed by atoms with Crippen molar-refractivity contribution in [3.05, 3.63) is 68.8 Å². The lowest BCUT2D eigenvalue weighted by Gasteiger charge is -2.13. The van der Waals surface area contributed by atoms with Crippen LogP contribution in [0.1, 0.15) is 54.1 Å². The van der Waals surface area contributed by atoms with E-state index < -0.39 is 5.97 Å². The predicted octanol–water partition coefficient (Wildman–Crippen LogP) is 3.69. The molecule has 0 heterocycles. The van der Waals surface area contributed by atoms with Gasteiger partial charge in [0.1, 0.15) is 6.54 Å². The summed E-state index contributed by atoms with van der Waals surface area (Å²) in [5.41, 5.74) is 7.27. The quantitative estimate of drug-likeness (QED) is 0.612. The standard InChI is InChI=1S/C23H27NO4/c1-13-7-8-19(9-14(13)2)23(27)24-11-22(26)28-12-21(25)20-10-15(3)16(4)17(5)18(20)6/h7-10H,11-12H2,1-6H3,(H,24,27). The van der Waals surface area contributed by atoms with Gasteiger partial charge in [-0.1, -0.05) is 6.07 Å². The number of hydrogen-bond acceptors (Lipinski definition) is 4. The van der Waals surface area contributed by atoms with E-state index in [9.17, 15) is 14.4 Å². The van der Waals surface area contributed by atoms with Crippen LogP contribution in [0.5, 0.6) is 0 Å². The Hall–Kier alpha value is -2.95. The maximum Gasteiger partial charge on any atom is 0.325 e. The molecule has 0 aliphatic rings. The van der Waals surface area contributed by atoms with Crippen molar-refractivity contribution < 1.29 is 19.1 Å². The molecule has 0 saturated carbocycles. The number of Topliss-reactive ketones (excluding diaryl/α,β-unsaturated/α-hetero) is 1. The lowest BCUT2D eigenvalue weighted by atomic mass is 9.93. The van der Waals surface area contributed by atoms with E-state index in [1.165, 1.54) is 0 Å². The number of ketones is 1. The first-order valence-corrected chi connectivity index (χ1v) is 9.23. The Balaban J connectivity index is 1.91. The number of amides is 1. The summed E-state index contributed by atoms with van der Waals surface area (Å²) in [5, 5.41) is 2.52. The second-order valence-electron chi connectivity index (χ2n) is 7.18. The maximum absolute atomic E-state index is 12.5. The average molecular weight is 381 g/mol. The van der Waals surface area contributed by atoms with Gasteiger partial charge in [-0.05, 0) is 93.1 Å². The van der Waals surface area contributed by atoms with Gasteiger partial charge in [-0.3, -0.25) is 14.4 Å². The molecule has 148 valence electrons. The Kier molecular flexibility index (Phi) is 6.73. The fourth-order valence-electron chi connectivity index (χ4n) is 2.91. The number of hydrogen-bond donors (Lipinski definition) is 1. The van der Waals surface area contributed by atoms with Gasteiger partial charge < -0.3 is 10.1 Å². The molecule has 2 aromatic rings. The molecule has 0 atom stereocenters. The van der Waals surface area contributed by atoms with Gasteiger partial charge in [-0.15, -0.1) is 0 Å². The lowest BCUT2D eigenvalue weighted by Crippen LogP contribution is -2.31. The largest absolute Gasteiger partial charge is 0.456 e. The van der Waals surface area contributed by atoms with Gasteiger partial charge in [0.2, 0.25) is 5.78 Å². The van der Waals surface area contributed by atoms with Gasteiger partial charge in [-0.2, -0.15) is 0 Å². The highest BCUT2D eigenvalue weighted by molar-refractivity contribution is 6.00. The minimum Gasteiger partial charge on any atom is -0.456 e. The van der Waals surface area contributed by atoms with Gasteiger partial charge in [-0.25, -0.2) is 0 Å². The lowest BCUT2D eigenvalue weighted by molar-refractivity contribution is -0.141. The molecule has 0 bridgehead atoms. The van der Waals surface area contributed by atoms with Crippen molar-refractivity contribution in [2.75, 3.05) is 13.2 Å². The van der Waals surface area contributed by atoms with Crippen LogP contribution in [0, 0.1) is 41.5 Å². The Morgan fingerprint density at radius 2 is 1.50 bits per heavy atom. The smallest absolute Gasteiger partial charge is 0.325 e. The van der Waals surface area contributed by atoms with Gasteiger partial charge in [0, 0.05) is 11.1 Å². The van der Waals surface area contributed by atoms with Crippen molar-refractivity contribution in [1.29, 1.82) is 0 Å². The zero-order valence-corrected chi connectivity index (χ0v) is 17.4. The van der Waals surface area contributed by atoms with Crippen molar-refractivity contribution in [3.8, 4) is 0 Å². The molecule has 1 N–H and O–H groups in total. The second-order valence-corrected chi connectivity index (χ2v) is 7.18. The summed E-state index contributed by atoms with van der Waals surface area (Å²) in [4.78, 5) is 36.5. The third kappa shape index (κ3) is 4.85. The molecule has 1 amide bonds. The van der Waals surface area contributed by atoms with E-state index in [0.29, 0.717) is 11.1 Å². The molecule has 5 nitrogen and oxygen atoms in total. The van der Waals surface area contributed by atoms with Crippen LogP contribution in [-0.4, -0.2) is 30.8 Å². The van der Waals surface area contributed by atoms with Crippen LogP contribution in [0.2, 0.25) is 0 Å². The zero-order chi connectivity index (χ0) is 21.0. The van der Waals surface area contributed by atoms with Gasteiger partial charge in [0.05, 0.1) is 0 Å². The van der Waals surface area contributed by atoms with Crippen molar-refractivity contribution >= 4 is 17.7 Å². The van der Waals surface area contributed by atoms with Crippen molar-refractivity contribution in [1.82, 2.24) is 5.32 Å². The molecule has 0 unspecified atom stereocenters. The molecule has 0 saturated heterocycles. The van der Waals surface area contributed by atoms with Crippen LogP contribution in [0.15, 0.2) is 24.3 Å². The molecule has 0 aromatic heterocycles. The molecular formula is C23H27NO4. The fraction of sp³-hybridized carbons (Fsp3) is 0.348. The summed E-state index contributed by atoms with van der Waals surface area (Å²) < 4.78 is 5.05. The molecule has 2 aromatic carbocycles. The number of esters is 1. The first kappa shape index (κ1) is 21.4. The maximum atomic E-state index is 12.5. The topological polar surface area (TPSA) is 72.5 Å². The SMILES string of the molecule is Cc1ccc(C(=O)NCC(=O)OCC(=O)c2cc(C)c(C)c(C)c2C)cc1C. The Morgan fingerprint density at radius 3 is 2.14 bits per heavy atom. The second kappa shape index (κ2) is 8.83. The number of aryl methyl sites for hydroxylation is 3. The summed E-state index contributed by atoms with van der Waals surface area (Å²) in [7, 11) is 0. The summed E-state index contributed by atoms with van der Waals surface area (Å²) in [6, 6.07) is 7.16. The van der Waals surface area contributed by atoms with Crippen LogP contribution in [0.4, 0.5) is 0 Å². The Labute approximate surface area is 166 Å². The van der Waals surface area contributed by atoms with Crippen molar-refractivity contribution in [3.63, 3.8) is 0 Å². The molecule has 5 heteroatoms. The zero-order valence-electron chi connectivity index (χ0n) is 17.4. The van der Waals surface area contributed by atoms with E-state index in [4.69, 9.17) is 4.74 Å². The van der Waals surface area contributed by atoms with Gasteiger partial charge >= 0.3 is 5.97 Å². The fourth-order valence-corrected chi connectivity index (χ4v) is 2.91. The van der Waals surface area contributed by atoms with Crippen molar-refractivity contribution in [2.45, 2.75) is 41.5 Å².